The van der Waals surface area contributed by atoms with Crippen molar-refractivity contribution < 1.29 is 4.74 Å². The average Bonchev–Trinajstić information content (AvgIpc) is 2.89. The highest BCUT2D eigenvalue weighted by atomic mass is 16.5. The minimum Gasteiger partial charge on any atom is -0.497 e. The molecule has 0 saturated heterocycles. The highest BCUT2D eigenvalue weighted by Crippen LogP contribution is 2.22. The summed E-state index contributed by atoms with van der Waals surface area (Å²) in [6, 6.07) is 13.7. The number of nitrogens with two attached hydrogens (primary N) is 1. The molecule has 0 aliphatic heterocycles. The van der Waals surface area contributed by atoms with Crippen LogP contribution in [0.15, 0.2) is 54.9 Å². The highest BCUT2D eigenvalue weighted by Gasteiger charge is 2.09. The molecule has 0 spiro atoms. The summed E-state index contributed by atoms with van der Waals surface area (Å²) < 4.78 is 7.06. The Morgan fingerprint density at radius 1 is 1.10 bits per heavy atom. The van der Waals surface area contributed by atoms with Gasteiger partial charge in [-0.15, -0.1) is 0 Å². The van der Waals surface area contributed by atoms with Gasteiger partial charge < -0.3 is 10.5 Å². The van der Waals surface area contributed by atoms with E-state index in [4.69, 9.17) is 10.5 Å². The number of ether oxygens (including phenoxy) is 1. The fraction of sp³-hybridized carbons (Fsp3) is 0.125. The molecular weight excluding hydrogens is 264 g/mol. The standard InChI is InChI=1S/C16H16N4O/c1-21-14-4-2-12(3-5-14)11-20-15(10-16(17)19-20)13-6-8-18-9-7-13/h2-10H,11H2,1H3,(H2,17,19). The predicted molar refractivity (Wildman–Crippen MR) is 82.0 cm³/mol. The largest absolute Gasteiger partial charge is 0.497 e. The number of pyridine rings is 1. The molecule has 0 atom stereocenters. The van der Waals surface area contributed by atoms with Gasteiger partial charge in [0.05, 0.1) is 19.3 Å². The second-order valence-corrected chi connectivity index (χ2v) is 4.70. The van der Waals surface area contributed by atoms with Crippen LogP contribution in [-0.4, -0.2) is 21.9 Å². The van der Waals surface area contributed by atoms with Crippen LogP contribution in [0, 0.1) is 0 Å². The third kappa shape index (κ3) is 2.86. The van der Waals surface area contributed by atoms with E-state index in [1.165, 1.54) is 0 Å². The van der Waals surface area contributed by atoms with Crippen molar-refractivity contribution in [1.29, 1.82) is 0 Å². The van der Waals surface area contributed by atoms with Crippen molar-refractivity contribution in [3.8, 4) is 17.0 Å². The molecule has 0 fully saturated rings. The molecule has 2 N–H and O–H groups in total. The Labute approximate surface area is 123 Å². The summed E-state index contributed by atoms with van der Waals surface area (Å²) in [5.41, 5.74) is 9.00. The first-order valence-corrected chi connectivity index (χ1v) is 6.63. The van der Waals surface area contributed by atoms with Gasteiger partial charge in [-0.1, -0.05) is 12.1 Å². The third-order valence-electron chi connectivity index (χ3n) is 3.27. The Kier molecular flexibility index (Phi) is 3.55. The van der Waals surface area contributed by atoms with Crippen LogP contribution in [0.5, 0.6) is 5.75 Å². The SMILES string of the molecule is COc1ccc(Cn2nc(N)cc2-c2ccncc2)cc1. The van der Waals surface area contributed by atoms with Crippen LogP contribution in [0.1, 0.15) is 5.56 Å². The van der Waals surface area contributed by atoms with Gasteiger partial charge in [0.15, 0.2) is 0 Å². The molecule has 2 heterocycles. The monoisotopic (exact) mass is 280 g/mol. The molecule has 0 radical (unpaired) electrons. The molecule has 5 heteroatoms. The lowest BCUT2D eigenvalue weighted by molar-refractivity contribution is 0.414. The quantitative estimate of drug-likeness (QED) is 0.797. The number of nitrogens with zero attached hydrogens (tertiary/aromatic N) is 3. The van der Waals surface area contributed by atoms with E-state index in [0.717, 1.165) is 22.6 Å². The topological polar surface area (TPSA) is 66.0 Å². The molecule has 0 unspecified atom stereocenters. The fourth-order valence-electron chi connectivity index (χ4n) is 2.22. The number of aromatic nitrogens is 3. The zero-order chi connectivity index (χ0) is 14.7. The van der Waals surface area contributed by atoms with Crippen LogP contribution in [0.2, 0.25) is 0 Å². The minimum atomic E-state index is 0.510. The van der Waals surface area contributed by atoms with Crippen LogP contribution < -0.4 is 10.5 Å². The first kappa shape index (κ1) is 13.2. The molecule has 0 aliphatic carbocycles. The van der Waals surface area contributed by atoms with E-state index in [0.29, 0.717) is 12.4 Å². The van der Waals surface area contributed by atoms with E-state index in [9.17, 15) is 0 Å². The Hall–Kier alpha value is -2.82. The van der Waals surface area contributed by atoms with Gasteiger partial charge in [-0.05, 0) is 29.8 Å². The molecule has 0 aliphatic rings. The van der Waals surface area contributed by atoms with Gasteiger partial charge in [0, 0.05) is 24.0 Å². The summed E-state index contributed by atoms with van der Waals surface area (Å²) in [5.74, 6) is 1.35. The zero-order valence-corrected chi connectivity index (χ0v) is 11.7. The van der Waals surface area contributed by atoms with Gasteiger partial charge in [0.25, 0.3) is 0 Å². The summed E-state index contributed by atoms with van der Waals surface area (Å²) in [6.07, 6.45) is 3.52. The lowest BCUT2D eigenvalue weighted by atomic mass is 10.2. The molecule has 0 saturated carbocycles. The molecule has 0 amide bonds. The fourth-order valence-corrected chi connectivity index (χ4v) is 2.22. The van der Waals surface area contributed by atoms with Crippen molar-refractivity contribution in [1.82, 2.24) is 14.8 Å². The van der Waals surface area contributed by atoms with Crippen molar-refractivity contribution >= 4 is 5.82 Å². The molecule has 0 bridgehead atoms. The highest BCUT2D eigenvalue weighted by molar-refractivity contribution is 5.62. The lowest BCUT2D eigenvalue weighted by Crippen LogP contribution is -2.04. The summed E-state index contributed by atoms with van der Waals surface area (Å²) in [6.45, 7) is 0.652. The van der Waals surface area contributed by atoms with E-state index >= 15 is 0 Å². The van der Waals surface area contributed by atoms with Gasteiger partial charge in [-0.3, -0.25) is 9.67 Å². The number of benzene rings is 1. The van der Waals surface area contributed by atoms with Gasteiger partial charge in [-0.2, -0.15) is 5.10 Å². The minimum absolute atomic E-state index is 0.510. The van der Waals surface area contributed by atoms with Crippen molar-refractivity contribution in [2.75, 3.05) is 12.8 Å². The molecule has 5 nitrogen and oxygen atoms in total. The van der Waals surface area contributed by atoms with Crippen LogP contribution in [0.25, 0.3) is 11.3 Å². The molecule has 106 valence electrons. The first-order chi connectivity index (χ1) is 10.3. The lowest BCUT2D eigenvalue weighted by Gasteiger charge is -2.08. The Morgan fingerprint density at radius 3 is 2.48 bits per heavy atom. The maximum atomic E-state index is 5.85. The zero-order valence-electron chi connectivity index (χ0n) is 11.7. The average molecular weight is 280 g/mol. The smallest absolute Gasteiger partial charge is 0.146 e. The number of rotatable bonds is 4. The summed E-state index contributed by atoms with van der Waals surface area (Å²) in [4.78, 5) is 4.04. The Balaban J connectivity index is 1.92. The van der Waals surface area contributed by atoms with E-state index in [-0.39, 0.29) is 0 Å². The number of methoxy groups -OCH3 is 1. The van der Waals surface area contributed by atoms with Crippen LogP contribution in [-0.2, 0) is 6.54 Å². The maximum absolute atomic E-state index is 5.85. The number of nitrogen functional groups attached to an aromatic ring is 1. The summed E-state index contributed by atoms with van der Waals surface area (Å²) in [5, 5.41) is 4.37. The third-order valence-corrected chi connectivity index (χ3v) is 3.27. The van der Waals surface area contributed by atoms with Crippen molar-refractivity contribution in [2.24, 2.45) is 0 Å². The molecule has 2 aromatic heterocycles. The summed E-state index contributed by atoms with van der Waals surface area (Å²) >= 11 is 0. The second-order valence-electron chi connectivity index (χ2n) is 4.70. The van der Waals surface area contributed by atoms with E-state index in [2.05, 4.69) is 10.1 Å². The first-order valence-electron chi connectivity index (χ1n) is 6.63. The van der Waals surface area contributed by atoms with Gasteiger partial charge in [-0.25, -0.2) is 0 Å². The predicted octanol–water partition coefficient (Wildman–Crippen LogP) is 2.58. The van der Waals surface area contributed by atoms with Crippen LogP contribution in [0.3, 0.4) is 0 Å². The molecule has 3 aromatic rings. The van der Waals surface area contributed by atoms with E-state index in [1.807, 2.05) is 47.1 Å². The van der Waals surface area contributed by atoms with Gasteiger partial charge >= 0.3 is 0 Å². The van der Waals surface area contributed by atoms with Crippen molar-refractivity contribution in [3.05, 3.63) is 60.4 Å². The van der Waals surface area contributed by atoms with Crippen LogP contribution >= 0.6 is 0 Å². The van der Waals surface area contributed by atoms with Crippen molar-refractivity contribution in [3.63, 3.8) is 0 Å². The molecular formula is C16H16N4O. The number of hydrogen-bond donors (Lipinski definition) is 1. The Morgan fingerprint density at radius 2 is 1.81 bits per heavy atom. The maximum Gasteiger partial charge on any atom is 0.146 e. The number of anilines is 1. The molecule has 21 heavy (non-hydrogen) atoms. The molecule has 3 rings (SSSR count). The Bertz CT molecular complexity index is 720. The van der Waals surface area contributed by atoms with Gasteiger partial charge in [0.1, 0.15) is 11.6 Å². The molecule has 1 aromatic carbocycles. The van der Waals surface area contributed by atoms with Crippen LogP contribution in [0.4, 0.5) is 5.82 Å². The normalized spacial score (nSPS) is 10.5. The second kappa shape index (κ2) is 5.66. The summed E-state index contributed by atoms with van der Waals surface area (Å²) in [7, 11) is 1.66. The van der Waals surface area contributed by atoms with E-state index in [1.54, 1.807) is 19.5 Å². The van der Waals surface area contributed by atoms with E-state index < -0.39 is 0 Å². The number of hydrogen-bond acceptors (Lipinski definition) is 4. The van der Waals surface area contributed by atoms with Crippen molar-refractivity contribution in [2.45, 2.75) is 6.54 Å². The van der Waals surface area contributed by atoms with Gasteiger partial charge in [0.2, 0.25) is 0 Å².